The van der Waals surface area contributed by atoms with Gasteiger partial charge in [-0.1, -0.05) is 0 Å². The maximum atomic E-state index is 13.6. The van der Waals surface area contributed by atoms with Gasteiger partial charge in [-0.2, -0.15) is 0 Å². The smallest absolute Gasteiger partial charge is 0.201 e. The summed E-state index contributed by atoms with van der Waals surface area (Å²) in [5.41, 5.74) is 6.32. The van der Waals surface area contributed by atoms with Gasteiger partial charge in [0.2, 0.25) is 5.95 Å². The van der Waals surface area contributed by atoms with Gasteiger partial charge in [0.25, 0.3) is 0 Å². The van der Waals surface area contributed by atoms with Crippen LogP contribution in [0.4, 0.5) is 14.7 Å². The van der Waals surface area contributed by atoms with Crippen LogP contribution in [0, 0.1) is 11.6 Å². The molecule has 0 aliphatic heterocycles. The van der Waals surface area contributed by atoms with E-state index in [0.29, 0.717) is 10.3 Å². The van der Waals surface area contributed by atoms with Crippen LogP contribution in [-0.4, -0.2) is 9.55 Å². The van der Waals surface area contributed by atoms with E-state index in [9.17, 15) is 8.78 Å². The molecule has 0 atom stereocenters. The Morgan fingerprint density at radius 2 is 2.06 bits per heavy atom. The number of nitrogens with zero attached hydrogens (tertiary/aromatic N) is 2. The average Bonchev–Trinajstić information content (AvgIpc) is 2.43. The highest BCUT2D eigenvalue weighted by Crippen LogP contribution is 2.31. The van der Waals surface area contributed by atoms with Crippen LogP contribution in [0.5, 0.6) is 0 Å². The van der Waals surface area contributed by atoms with Crippen LogP contribution in [0.2, 0.25) is 0 Å². The van der Waals surface area contributed by atoms with Gasteiger partial charge in [-0.15, -0.1) is 0 Å². The molecule has 1 aromatic heterocycles. The summed E-state index contributed by atoms with van der Waals surface area (Å²) in [5, 5.41) is 0. The van der Waals surface area contributed by atoms with Crippen molar-refractivity contribution in [3.63, 3.8) is 0 Å². The molecule has 2 rings (SSSR count). The maximum absolute atomic E-state index is 13.6. The molecule has 0 radical (unpaired) electrons. The molecule has 84 valence electrons. The number of hydrogen-bond acceptors (Lipinski definition) is 2. The van der Waals surface area contributed by atoms with Crippen LogP contribution in [0.25, 0.3) is 11.3 Å². The van der Waals surface area contributed by atoms with Crippen molar-refractivity contribution in [1.29, 1.82) is 0 Å². The van der Waals surface area contributed by atoms with E-state index in [4.69, 9.17) is 5.73 Å². The summed E-state index contributed by atoms with van der Waals surface area (Å²) in [7, 11) is 1.66. The van der Waals surface area contributed by atoms with Crippen molar-refractivity contribution in [2.24, 2.45) is 7.05 Å². The van der Waals surface area contributed by atoms with Crippen LogP contribution in [0.3, 0.4) is 0 Å². The molecule has 0 fully saturated rings. The van der Waals surface area contributed by atoms with E-state index in [0.717, 1.165) is 6.07 Å². The van der Waals surface area contributed by atoms with E-state index in [-0.39, 0.29) is 11.5 Å². The molecule has 3 nitrogen and oxygen atoms in total. The predicted octanol–water partition coefficient (Wildman–Crippen LogP) is 2.71. The Balaban J connectivity index is 2.67. The fraction of sp³-hybridized carbons (Fsp3) is 0.100. The summed E-state index contributed by atoms with van der Waals surface area (Å²) in [4.78, 5) is 3.95. The lowest BCUT2D eigenvalue weighted by atomic mass is 10.1. The molecule has 2 aromatic rings. The normalized spacial score (nSPS) is 10.8. The van der Waals surface area contributed by atoms with Gasteiger partial charge in [-0.05, 0) is 28.1 Å². The molecular formula is C10H8BrF2N3. The van der Waals surface area contributed by atoms with E-state index in [1.54, 1.807) is 7.05 Å². The highest BCUT2D eigenvalue weighted by Gasteiger charge is 2.16. The molecule has 16 heavy (non-hydrogen) atoms. The number of imidazole rings is 1. The van der Waals surface area contributed by atoms with Gasteiger partial charge in [0.15, 0.2) is 0 Å². The number of nitrogen functional groups attached to an aromatic ring is 1. The molecule has 0 amide bonds. The number of hydrogen-bond donors (Lipinski definition) is 1. The largest absolute Gasteiger partial charge is 0.369 e. The first-order valence-corrected chi connectivity index (χ1v) is 5.23. The first-order chi connectivity index (χ1) is 7.50. The fourth-order valence-electron chi connectivity index (χ4n) is 1.45. The first kappa shape index (κ1) is 11.1. The summed E-state index contributed by atoms with van der Waals surface area (Å²) in [6, 6.07) is 3.37. The van der Waals surface area contributed by atoms with Gasteiger partial charge in [-0.25, -0.2) is 13.8 Å². The average molecular weight is 288 g/mol. The second kappa shape index (κ2) is 3.86. The van der Waals surface area contributed by atoms with E-state index < -0.39 is 11.6 Å². The molecule has 6 heteroatoms. The zero-order valence-corrected chi connectivity index (χ0v) is 9.92. The molecule has 0 spiro atoms. The van der Waals surface area contributed by atoms with E-state index in [1.165, 1.54) is 16.7 Å². The van der Waals surface area contributed by atoms with Crippen molar-refractivity contribution >= 4 is 21.9 Å². The second-order valence-corrected chi connectivity index (χ2v) is 4.04. The van der Waals surface area contributed by atoms with E-state index in [2.05, 4.69) is 20.9 Å². The maximum Gasteiger partial charge on any atom is 0.201 e. The molecule has 0 bridgehead atoms. The van der Waals surface area contributed by atoms with Crippen LogP contribution < -0.4 is 5.73 Å². The van der Waals surface area contributed by atoms with E-state index in [1.807, 2.05) is 0 Å². The van der Waals surface area contributed by atoms with Gasteiger partial charge in [0, 0.05) is 18.7 Å². The Morgan fingerprint density at radius 1 is 1.38 bits per heavy atom. The molecule has 1 aromatic carbocycles. The summed E-state index contributed by atoms with van der Waals surface area (Å²) >= 11 is 3.18. The fourth-order valence-corrected chi connectivity index (χ4v) is 2.12. The summed E-state index contributed by atoms with van der Waals surface area (Å²) in [6.45, 7) is 0. The van der Waals surface area contributed by atoms with Crippen molar-refractivity contribution in [3.8, 4) is 11.3 Å². The Labute approximate surface area is 99.0 Å². The number of benzene rings is 1. The van der Waals surface area contributed by atoms with Gasteiger partial charge >= 0.3 is 0 Å². The minimum absolute atomic E-state index is 0.250. The van der Waals surface area contributed by atoms with Gasteiger partial charge < -0.3 is 10.3 Å². The Hall–Kier alpha value is -1.43. The van der Waals surface area contributed by atoms with Crippen LogP contribution in [-0.2, 0) is 7.05 Å². The zero-order chi connectivity index (χ0) is 11.9. The molecule has 2 N–H and O–H groups in total. The minimum Gasteiger partial charge on any atom is -0.369 e. The predicted molar refractivity (Wildman–Crippen MR) is 60.7 cm³/mol. The van der Waals surface area contributed by atoms with Crippen LogP contribution in [0.1, 0.15) is 0 Å². The number of rotatable bonds is 1. The first-order valence-electron chi connectivity index (χ1n) is 4.44. The highest BCUT2D eigenvalue weighted by molar-refractivity contribution is 9.10. The van der Waals surface area contributed by atoms with Crippen molar-refractivity contribution in [3.05, 3.63) is 34.4 Å². The third-order valence-electron chi connectivity index (χ3n) is 2.27. The Bertz CT molecular complexity index is 551. The number of nitrogens with two attached hydrogens (primary N) is 1. The lowest BCUT2D eigenvalue weighted by Crippen LogP contribution is -1.99. The third-order valence-corrected chi connectivity index (χ3v) is 2.83. The minimum atomic E-state index is -0.649. The standard InChI is InChI=1S/C10H8BrF2N3/c1-16-8(9(11)15-10(16)14)6-3-2-5(12)4-7(6)13/h2-4H,1H3,(H2,14,15). The molecule has 0 aliphatic rings. The lowest BCUT2D eigenvalue weighted by molar-refractivity contribution is 0.584. The number of halogens is 3. The molecule has 0 saturated carbocycles. The SMILES string of the molecule is Cn1c(N)nc(Br)c1-c1ccc(F)cc1F. The summed E-state index contributed by atoms with van der Waals surface area (Å²) in [6.07, 6.45) is 0. The quantitative estimate of drug-likeness (QED) is 0.876. The summed E-state index contributed by atoms with van der Waals surface area (Å²) < 4.78 is 28.3. The van der Waals surface area contributed by atoms with Crippen molar-refractivity contribution < 1.29 is 8.78 Å². The van der Waals surface area contributed by atoms with Crippen LogP contribution in [0.15, 0.2) is 22.8 Å². The molecule has 0 saturated heterocycles. The van der Waals surface area contributed by atoms with Gasteiger partial charge in [-0.3, -0.25) is 0 Å². The molecule has 1 heterocycles. The van der Waals surface area contributed by atoms with Gasteiger partial charge in [0.05, 0.1) is 5.69 Å². The molecule has 0 unspecified atom stereocenters. The molecule has 0 aliphatic carbocycles. The third kappa shape index (κ3) is 1.69. The number of anilines is 1. The summed E-state index contributed by atoms with van der Waals surface area (Å²) in [5.74, 6) is -1.01. The Kier molecular flexibility index (Phi) is 2.67. The highest BCUT2D eigenvalue weighted by atomic mass is 79.9. The van der Waals surface area contributed by atoms with Crippen molar-refractivity contribution in [1.82, 2.24) is 9.55 Å². The van der Waals surface area contributed by atoms with Crippen LogP contribution >= 0.6 is 15.9 Å². The Morgan fingerprint density at radius 3 is 2.56 bits per heavy atom. The second-order valence-electron chi connectivity index (χ2n) is 3.29. The zero-order valence-electron chi connectivity index (χ0n) is 8.34. The van der Waals surface area contributed by atoms with E-state index >= 15 is 0 Å². The lowest BCUT2D eigenvalue weighted by Gasteiger charge is -2.05. The van der Waals surface area contributed by atoms with Crippen molar-refractivity contribution in [2.75, 3.05) is 5.73 Å². The topological polar surface area (TPSA) is 43.8 Å². The monoisotopic (exact) mass is 287 g/mol. The molecular weight excluding hydrogens is 280 g/mol. The van der Waals surface area contributed by atoms with Crippen molar-refractivity contribution in [2.45, 2.75) is 0 Å². The van der Waals surface area contributed by atoms with Gasteiger partial charge in [0.1, 0.15) is 16.2 Å². The number of aromatic nitrogens is 2.